The van der Waals surface area contributed by atoms with Gasteiger partial charge >= 0.3 is 0 Å². The molecular formula is C15H14BrN3O4S. The van der Waals surface area contributed by atoms with Crippen LogP contribution in [0.3, 0.4) is 0 Å². The van der Waals surface area contributed by atoms with Crippen LogP contribution in [-0.4, -0.2) is 23.5 Å². The van der Waals surface area contributed by atoms with E-state index in [1.165, 1.54) is 12.3 Å². The number of amides is 2. The first-order valence-corrected chi connectivity index (χ1v) is 7.98. The van der Waals surface area contributed by atoms with Crippen molar-refractivity contribution in [1.29, 1.82) is 0 Å². The number of carbonyl (C=O) groups excluding carboxylic acids is 2. The van der Waals surface area contributed by atoms with Crippen LogP contribution in [0.4, 0.5) is 0 Å². The highest BCUT2D eigenvalue weighted by Gasteiger charge is 2.11. The van der Waals surface area contributed by atoms with Gasteiger partial charge in [-0.1, -0.05) is 6.07 Å². The van der Waals surface area contributed by atoms with Crippen molar-refractivity contribution >= 4 is 45.1 Å². The average Bonchev–Trinajstić information content (AvgIpc) is 3.06. The minimum absolute atomic E-state index is 0.0683. The normalized spacial score (nSPS) is 9.92. The molecule has 0 atom stereocenters. The molecule has 9 heteroatoms. The number of benzene rings is 1. The van der Waals surface area contributed by atoms with Gasteiger partial charge in [0.15, 0.2) is 17.5 Å². The minimum Gasteiger partial charge on any atom is -0.483 e. The SMILES string of the molecule is Cc1ccc(OCC(=O)NNC(=S)NC(=O)c2ccco2)c(Br)c1. The van der Waals surface area contributed by atoms with Crippen LogP contribution in [0.25, 0.3) is 0 Å². The van der Waals surface area contributed by atoms with Crippen molar-refractivity contribution in [2.75, 3.05) is 6.61 Å². The first kappa shape index (κ1) is 18.0. The molecule has 2 amide bonds. The Morgan fingerprint density at radius 1 is 1.29 bits per heavy atom. The van der Waals surface area contributed by atoms with E-state index in [2.05, 4.69) is 32.1 Å². The smallest absolute Gasteiger partial charge is 0.293 e. The van der Waals surface area contributed by atoms with Crippen LogP contribution in [-0.2, 0) is 4.79 Å². The maximum Gasteiger partial charge on any atom is 0.293 e. The molecule has 0 aliphatic carbocycles. The first-order valence-electron chi connectivity index (χ1n) is 6.78. The van der Waals surface area contributed by atoms with Crippen LogP contribution in [0.5, 0.6) is 5.75 Å². The quantitative estimate of drug-likeness (QED) is 0.526. The van der Waals surface area contributed by atoms with Crippen molar-refractivity contribution in [2.45, 2.75) is 6.92 Å². The molecule has 126 valence electrons. The molecule has 0 aliphatic rings. The zero-order chi connectivity index (χ0) is 17.5. The maximum atomic E-state index is 11.7. The van der Waals surface area contributed by atoms with E-state index >= 15 is 0 Å². The third kappa shape index (κ3) is 5.36. The molecule has 7 nitrogen and oxygen atoms in total. The van der Waals surface area contributed by atoms with E-state index in [9.17, 15) is 9.59 Å². The van der Waals surface area contributed by atoms with Gasteiger partial charge in [-0.05, 0) is 64.9 Å². The topological polar surface area (TPSA) is 92.6 Å². The fraction of sp³-hybridized carbons (Fsp3) is 0.133. The Morgan fingerprint density at radius 2 is 2.08 bits per heavy atom. The summed E-state index contributed by atoms with van der Waals surface area (Å²) in [6.07, 6.45) is 1.37. The maximum absolute atomic E-state index is 11.7. The van der Waals surface area contributed by atoms with Gasteiger partial charge in [-0.2, -0.15) is 0 Å². The van der Waals surface area contributed by atoms with E-state index in [0.717, 1.165) is 10.0 Å². The van der Waals surface area contributed by atoms with E-state index in [1.54, 1.807) is 12.1 Å². The second-order valence-electron chi connectivity index (χ2n) is 4.66. The van der Waals surface area contributed by atoms with Gasteiger partial charge in [0, 0.05) is 0 Å². The molecule has 0 unspecified atom stereocenters. The van der Waals surface area contributed by atoms with E-state index in [0.29, 0.717) is 5.75 Å². The van der Waals surface area contributed by atoms with E-state index in [1.807, 2.05) is 19.1 Å². The standard InChI is InChI=1S/C15H14BrN3O4S/c1-9-4-5-11(10(16)7-9)23-8-13(20)18-19-15(24)17-14(21)12-3-2-6-22-12/h2-7H,8H2,1H3,(H,18,20)(H2,17,19,21,24). The Kier molecular flexibility index (Phi) is 6.33. The largest absolute Gasteiger partial charge is 0.483 e. The lowest BCUT2D eigenvalue weighted by atomic mass is 10.2. The highest BCUT2D eigenvalue weighted by molar-refractivity contribution is 9.10. The van der Waals surface area contributed by atoms with Gasteiger partial charge in [0.05, 0.1) is 10.7 Å². The Bertz CT molecular complexity index is 749. The zero-order valence-electron chi connectivity index (χ0n) is 12.6. The molecule has 1 aromatic heterocycles. The number of nitrogens with one attached hydrogen (secondary N) is 3. The van der Waals surface area contributed by atoms with Crippen molar-refractivity contribution in [3.8, 4) is 5.75 Å². The summed E-state index contributed by atoms with van der Waals surface area (Å²) in [5.41, 5.74) is 5.79. The van der Waals surface area contributed by atoms with Crippen LogP contribution in [0.1, 0.15) is 16.1 Å². The molecular weight excluding hydrogens is 398 g/mol. The third-order valence-electron chi connectivity index (χ3n) is 2.73. The minimum atomic E-state index is -0.522. The fourth-order valence-corrected chi connectivity index (χ4v) is 2.38. The Labute approximate surface area is 151 Å². The predicted octanol–water partition coefficient (Wildman–Crippen LogP) is 2.07. The second-order valence-corrected chi connectivity index (χ2v) is 5.92. The van der Waals surface area contributed by atoms with Gasteiger partial charge in [0.1, 0.15) is 5.75 Å². The molecule has 0 saturated carbocycles. The Balaban J connectivity index is 1.72. The number of aryl methyl sites for hydroxylation is 1. The van der Waals surface area contributed by atoms with Gasteiger partial charge in [-0.25, -0.2) is 0 Å². The van der Waals surface area contributed by atoms with Gasteiger partial charge < -0.3 is 9.15 Å². The van der Waals surface area contributed by atoms with Gasteiger partial charge in [-0.15, -0.1) is 0 Å². The van der Waals surface area contributed by atoms with Crippen molar-refractivity contribution in [2.24, 2.45) is 0 Å². The van der Waals surface area contributed by atoms with Crippen molar-refractivity contribution in [3.05, 3.63) is 52.4 Å². The molecule has 2 rings (SSSR count). The van der Waals surface area contributed by atoms with E-state index in [4.69, 9.17) is 21.4 Å². The Morgan fingerprint density at radius 3 is 2.75 bits per heavy atom. The number of ether oxygens (including phenoxy) is 1. The number of rotatable bonds is 4. The predicted molar refractivity (Wildman–Crippen MR) is 94.4 cm³/mol. The summed E-state index contributed by atoms with van der Waals surface area (Å²) in [7, 11) is 0. The number of carbonyl (C=O) groups is 2. The molecule has 1 heterocycles. The molecule has 2 aromatic rings. The number of hydrogen-bond acceptors (Lipinski definition) is 5. The number of thiocarbonyl (C=S) groups is 1. The van der Waals surface area contributed by atoms with Gasteiger partial charge in [-0.3, -0.25) is 25.8 Å². The lowest BCUT2D eigenvalue weighted by molar-refractivity contribution is -0.123. The lowest BCUT2D eigenvalue weighted by Crippen LogP contribution is -2.49. The number of hydrazine groups is 1. The molecule has 0 fully saturated rings. The van der Waals surface area contributed by atoms with Crippen molar-refractivity contribution in [3.63, 3.8) is 0 Å². The van der Waals surface area contributed by atoms with Crippen LogP contribution in [0.2, 0.25) is 0 Å². The summed E-state index contributed by atoms with van der Waals surface area (Å²) < 4.78 is 11.1. The summed E-state index contributed by atoms with van der Waals surface area (Å²) >= 11 is 8.24. The van der Waals surface area contributed by atoms with Crippen LogP contribution < -0.4 is 20.9 Å². The number of furan rings is 1. The highest BCUT2D eigenvalue weighted by atomic mass is 79.9. The molecule has 0 bridgehead atoms. The second kappa shape index (κ2) is 8.46. The summed E-state index contributed by atoms with van der Waals surface area (Å²) in [5.74, 6) is -0.328. The van der Waals surface area contributed by atoms with Crippen LogP contribution in [0.15, 0.2) is 45.5 Å². The third-order valence-corrected chi connectivity index (χ3v) is 3.56. The van der Waals surface area contributed by atoms with E-state index in [-0.39, 0.29) is 17.5 Å². The molecule has 0 spiro atoms. The van der Waals surface area contributed by atoms with Crippen molar-refractivity contribution < 1.29 is 18.7 Å². The monoisotopic (exact) mass is 411 g/mol. The molecule has 24 heavy (non-hydrogen) atoms. The Hall–Kier alpha value is -2.39. The zero-order valence-corrected chi connectivity index (χ0v) is 15.0. The fourth-order valence-electron chi connectivity index (χ4n) is 1.63. The number of hydrogen-bond donors (Lipinski definition) is 3. The summed E-state index contributed by atoms with van der Waals surface area (Å²) in [6, 6.07) is 8.58. The molecule has 3 N–H and O–H groups in total. The van der Waals surface area contributed by atoms with Crippen molar-refractivity contribution in [1.82, 2.24) is 16.2 Å². The molecule has 0 radical (unpaired) electrons. The van der Waals surface area contributed by atoms with Gasteiger partial charge in [0.25, 0.3) is 11.8 Å². The number of halogens is 1. The highest BCUT2D eigenvalue weighted by Crippen LogP contribution is 2.25. The van der Waals surface area contributed by atoms with E-state index < -0.39 is 11.8 Å². The molecule has 0 aliphatic heterocycles. The van der Waals surface area contributed by atoms with Crippen LogP contribution >= 0.6 is 28.1 Å². The van der Waals surface area contributed by atoms with Crippen LogP contribution in [0, 0.1) is 6.92 Å². The average molecular weight is 412 g/mol. The lowest BCUT2D eigenvalue weighted by Gasteiger charge is -2.11. The molecule has 1 aromatic carbocycles. The first-order chi connectivity index (χ1) is 11.5. The summed E-state index contributed by atoms with van der Waals surface area (Å²) in [4.78, 5) is 23.4. The summed E-state index contributed by atoms with van der Waals surface area (Å²) in [6.45, 7) is 1.73. The summed E-state index contributed by atoms with van der Waals surface area (Å²) in [5, 5.41) is 2.28. The molecule has 0 saturated heterocycles. The van der Waals surface area contributed by atoms with Gasteiger partial charge in [0.2, 0.25) is 0 Å².